The lowest BCUT2D eigenvalue weighted by Gasteiger charge is -2.24. The smallest absolute Gasteiger partial charge is 0.272 e. The van der Waals surface area contributed by atoms with E-state index in [9.17, 15) is 4.79 Å². The van der Waals surface area contributed by atoms with Crippen molar-refractivity contribution in [2.75, 3.05) is 12.3 Å². The van der Waals surface area contributed by atoms with Gasteiger partial charge in [-0.3, -0.25) is 9.89 Å². The molecule has 0 saturated carbocycles. The maximum Gasteiger partial charge on any atom is 0.272 e. The Morgan fingerprint density at radius 3 is 2.57 bits per heavy atom. The Balaban J connectivity index is 2.14. The molecular formula is C16H24N4O. The number of nitrogen functional groups attached to an aromatic ring is 1. The first-order chi connectivity index (χ1) is 9.90. The predicted molar refractivity (Wildman–Crippen MR) is 86.0 cm³/mol. The molecule has 1 aromatic carbocycles. The zero-order valence-corrected chi connectivity index (χ0v) is 13.1. The first-order valence-electron chi connectivity index (χ1n) is 7.42. The minimum Gasteiger partial charge on any atom is -0.399 e. The van der Waals surface area contributed by atoms with E-state index in [1.165, 1.54) is 0 Å². The lowest BCUT2D eigenvalue weighted by atomic mass is 9.85. The molecule has 5 heteroatoms. The molecule has 0 radical (unpaired) electrons. The average Bonchev–Trinajstić information content (AvgIpc) is 2.80. The lowest BCUT2D eigenvalue weighted by Crippen LogP contribution is -2.34. The summed E-state index contributed by atoms with van der Waals surface area (Å²) >= 11 is 0. The van der Waals surface area contributed by atoms with Crippen LogP contribution in [-0.2, 0) is 0 Å². The first-order valence-corrected chi connectivity index (χ1v) is 7.42. The normalized spacial score (nSPS) is 11.8. The third kappa shape index (κ3) is 3.35. The number of carbonyl (C=O) groups excluding carboxylic acids is 1. The third-order valence-corrected chi connectivity index (χ3v) is 4.01. The number of H-pyrrole nitrogens is 1. The maximum absolute atomic E-state index is 12.3. The number of nitrogens with one attached hydrogen (secondary N) is 2. The van der Waals surface area contributed by atoms with E-state index in [4.69, 9.17) is 5.73 Å². The van der Waals surface area contributed by atoms with Crippen LogP contribution in [0.3, 0.4) is 0 Å². The number of carbonyl (C=O) groups is 1. The van der Waals surface area contributed by atoms with Crippen LogP contribution in [0.4, 0.5) is 5.69 Å². The quantitative estimate of drug-likeness (QED) is 0.740. The standard InChI is InChI=1S/C16H24N4O/c1-9(2)13(10(3)4)8-18-16(21)15-12-7-11(17)5-6-14(12)19-20-15/h5-7,9-10,13H,8,17H2,1-4H3,(H,18,21)(H,19,20). The Bertz CT molecular complexity index is 622. The average molecular weight is 288 g/mol. The van der Waals surface area contributed by atoms with Gasteiger partial charge in [0.05, 0.1) is 5.52 Å². The van der Waals surface area contributed by atoms with Crippen molar-refractivity contribution in [1.82, 2.24) is 15.5 Å². The van der Waals surface area contributed by atoms with Gasteiger partial charge in [-0.05, 0) is 36.0 Å². The van der Waals surface area contributed by atoms with Crippen LogP contribution in [0.1, 0.15) is 38.2 Å². The number of nitrogens with two attached hydrogens (primary N) is 1. The van der Waals surface area contributed by atoms with E-state index in [-0.39, 0.29) is 5.91 Å². The summed E-state index contributed by atoms with van der Waals surface area (Å²) in [5.41, 5.74) is 7.63. The van der Waals surface area contributed by atoms with Gasteiger partial charge in [0.15, 0.2) is 5.69 Å². The Hall–Kier alpha value is -2.04. The summed E-state index contributed by atoms with van der Waals surface area (Å²) in [6.45, 7) is 9.39. The van der Waals surface area contributed by atoms with Crippen LogP contribution in [0, 0.1) is 17.8 Å². The van der Waals surface area contributed by atoms with Gasteiger partial charge in [0.1, 0.15) is 0 Å². The van der Waals surface area contributed by atoms with E-state index in [1.54, 1.807) is 12.1 Å². The van der Waals surface area contributed by atoms with E-state index < -0.39 is 0 Å². The molecular weight excluding hydrogens is 264 g/mol. The molecule has 0 fully saturated rings. The van der Waals surface area contributed by atoms with Crippen molar-refractivity contribution in [3.8, 4) is 0 Å². The van der Waals surface area contributed by atoms with Gasteiger partial charge < -0.3 is 11.1 Å². The second-order valence-electron chi connectivity index (χ2n) is 6.24. The highest BCUT2D eigenvalue weighted by Gasteiger charge is 2.20. The number of aromatic amines is 1. The number of benzene rings is 1. The molecule has 1 amide bonds. The molecule has 0 saturated heterocycles. The monoisotopic (exact) mass is 288 g/mol. The van der Waals surface area contributed by atoms with Gasteiger partial charge in [0.2, 0.25) is 0 Å². The molecule has 0 aliphatic carbocycles. The molecule has 114 valence electrons. The zero-order chi connectivity index (χ0) is 15.6. The molecule has 0 unspecified atom stereocenters. The van der Waals surface area contributed by atoms with Gasteiger partial charge >= 0.3 is 0 Å². The summed E-state index contributed by atoms with van der Waals surface area (Å²) in [6.07, 6.45) is 0. The second kappa shape index (κ2) is 6.16. The molecule has 5 nitrogen and oxygen atoms in total. The highest BCUT2D eigenvalue weighted by Crippen LogP contribution is 2.21. The van der Waals surface area contributed by atoms with E-state index in [0.717, 1.165) is 10.9 Å². The number of nitrogens with zero attached hydrogens (tertiary/aromatic N) is 1. The molecule has 0 atom stereocenters. The summed E-state index contributed by atoms with van der Waals surface area (Å²) < 4.78 is 0. The van der Waals surface area contributed by atoms with Gasteiger partial charge in [0.25, 0.3) is 5.91 Å². The molecule has 1 aromatic heterocycles. The largest absolute Gasteiger partial charge is 0.399 e. The number of anilines is 1. The SMILES string of the molecule is CC(C)C(CNC(=O)c1n[nH]c2ccc(N)cc12)C(C)C. The molecule has 1 heterocycles. The Kier molecular flexibility index (Phi) is 4.50. The number of hydrogen-bond donors (Lipinski definition) is 3. The summed E-state index contributed by atoms with van der Waals surface area (Å²) in [5, 5.41) is 10.7. The van der Waals surface area contributed by atoms with Crippen molar-refractivity contribution in [3.63, 3.8) is 0 Å². The summed E-state index contributed by atoms with van der Waals surface area (Å²) in [5.74, 6) is 1.34. The molecule has 0 spiro atoms. The number of rotatable bonds is 5. The highest BCUT2D eigenvalue weighted by atomic mass is 16.1. The van der Waals surface area contributed by atoms with Crippen molar-refractivity contribution < 1.29 is 4.79 Å². The molecule has 0 aliphatic rings. The van der Waals surface area contributed by atoms with Gasteiger partial charge in [-0.2, -0.15) is 5.10 Å². The molecule has 0 bridgehead atoms. The number of aromatic nitrogens is 2. The van der Waals surface area contributed by atoms with Crippen LogP contribution >= 0.6 is 0 Å². The summed E-state index contributed by atoms with van der Waals surface area (Å²) in [4.78, 5) is 12.3. The lowest BCUT2D eigenvalue weighted by molar-refractivity contribution is 0.0934. The van der Waals surface area contributed by atoms with E-state index in [1.807, 2.05) is 6.07 Å². The van der Waals surface area contributed by atoms with Gasteiger partial charge in [-0.1, -0.05) is 27.7 Å². The summed E-state index contributed by atoms with van der Waals surface area (Å²) in [7, 11) is 0. The fourth-order valence-electron chi connectivity index (χ4n) is 2.74. The molecule has 2 aromatic rings. The third-order valence-electron chi connectivity index (χ3n) is 4.01. The minimum absolute atomic E-state index is 0.154. The number of amides is 1. The predicted octanol–water partition coefficient (Wildman–Crippen LogP) is 2.80. The first kappa shape index (κ1) is 15.4. The van der Waals surface area contributed by atoms with Crippen molar-refractivity contribution >= 4 is 22.5 Å². The Morgan fingerprint density at radius 1 is 1.29 bits per heavy atom. The Morgan fingerprint density at radius 2 is 1.95 bits per heavy atom. The zero-order valence-electron chi connectivity index (χ0n) is 13.1. The van der Waals surface area contributed by atoms with Crippen LogP contribution in [0.5, 0.6) is 0 Å². The molecule has 4 N–H and O–H groups in total. The van der Waals surface area contributed by atoms with E-state index >= 15 is 0 Å². The fraction of sp³-hybridized carbons (Fsp3) is 0.500. The van der Waals surface area contributed by atoms with Crippen molar-refractivity contribution in [2.24, 2.45) is 17.8 Å². The molecule has 21 heavy (non-hydrogen) atoms. The topological polar surface area (TPSA) is 83.8 Å². The molecule has 0 aliphatic heterocycles. The highest BCUT2D eigenvalue weighted by molar-refractivity contribution is 6.05. The van der Waals surface area contributed by atoms with Crippen molar-refractivity contribution in [2.45, 2.75) is 27.7 Å². The van der Waals surface area contributed by atoms with E-state index in [2.05, 4.69) is 43.2 Å². The summed E-state index contributed by atoms with van der Waals surface area (Å²) in [6, 6.07) is 5.39. The van der Waals surface area contributed by atoms with E-state index in [0.29, 0.717) is 35.7 Å². The van der Waals surface area contributed by atoms with Gasteiger partial charge in [-0.25, -0.2) is 0 Å². The Labute approximate surface area is 125 Å². The number of fused-ring (bicyclic) bond motifs is 1. The second-order valence-corrected chi connectivity index (χ2v) is 6.24. The maximum atomic E-state index is 12.3. The number of hydrogen-bond acceptors (Lipinski definition) is 3. The minimum atomic E-state index is -0.154. The van der Waals surface area contributed by atoms with Crippen LogP contribution < -0.4 is 11.1 Å². The fourth-order valence-corrected chi connectivity index (χ4v) is 2.74. The van der Waals surface area contributed by atoms with Crippen molar-refractivity contribution in [3.05, 3.63) is 23.9 Å². The van der Waals surface area contributed by atoms with Crippen LogP contribution in [0.15, 0.2) is 18.2 Å². The van der Waals surface area contributed by atoms with Gasteiger partial charge in [-0.15, -0.1) is 0 Å². The molecule has 2 rings (SSSR count). The van der Waals surface area contributed by atoms with Gasteiger partial charge in [0, 0.05) is 17.6 Å². The van der Waals surface area contributed by atoms with Crippen LogP contribution in [0.25, 0.3) is 10.9 Å². The van der Waals surface area contributed by atoms with Crippen molar-refractivity contribution in [1.29, 1.82) is 0 Å². The van der Waals surface area contributed by atoms with Crippen LogP contribution in [0.2, 0.25) is 0 Å². The van der Waals surface area contributed by atoms with Crippen LogP contribution in [-0.4, -0.2) is 22.6 Å².